The van der Waals surface area contributed by atoms with Crippen LogP contribution in [0.1, 0.15) is 22.0 Å². The van der Waals surface area contributed by atoms with E-state index in [1.54, 1.807) is 18.8 Å². The van der Waals surface area contributed by atoms with Gasteiger partial charge in [-0.2, -0.15) is 0 Å². The molecule has 0 aliphatic carbocycles. The van der Waals surface area contributed by atoms with Crippen molar-refractivity contribution in [2.75, 3.05) is 26.4 Å². The summed E-state index contributed by atoms with van der Waals surface area (Å²) < 4.78 is 0. The predicted molar refractivity (Wildman–Crippen MR) is 105 cm³/mol. The van der Waals surface area contributed by atoms with E-state index in [9.17, 15) is 0 Å². The van der Waals surface area contributed by atoms with Crippen molar-refractivity contribution in [3.05, 3.63) is 51.7 Å². The quantitative estimate of drug-likeness (QED) is 0.489. The molecule has 2 heterocycles. The maximum Gasteiger partial charge on any atom is 0.188 e. The van der Waals surface area contributed by atoms with Gasteiger partial charge in [0.05, 0.1) is 6.04 Å². The summed E-state index contributed by atoms with van der Waals surface area (Å²) in [4.78, 5) is 9.38. The van der Waals surface area contributed by atoms with Crippen LogP contribution in [-0.2, 0) is 13.0 Å². The Labute approximate surface area is 152 Å². The maximum absolute atomic E-state index is 5.85. The van der Waals surface area contributed by atoms with Crippen molar-refractivity contribution in [3.8, 4) is 0 Å². The number of nitrogens with one attached hydrogen (secondary N) is 1. The van der Waals surface area contributed by atoms with Gasteiger partial charge < -0.3 is 11.1 Å². The van der Waals surface area contributed by atoms with Gasteiger partial charge in [-0.05, 0) is 47.4 Å². The first-order valence-corrected chi connectivity index (χ1v) is 10.2. The molecule has 0 bridgehead atoms. The van der Waals surface area contributed by atoms with E-state index < -0.39 is 0 Å². The highest BCUT2D eigenvalue weighted by Gasteiger charge is 2.25. The summed E-state index contributed by atoms with van der Waals surface area (Å²) in [5.74, 6) is 0.494. The van der Waals surface area contributed by atoms with Crippen molar-refractivity contribution >= 4 is 29.1 Å². The molecule has 0 fully saturated rings. The van der Waals surface area contributed by atoms with Gasteiger partial charge in [0.1, 0.15) is 0 Å². The summed E-state index contributed by atoms with van der Waals surface area (Å²) >= 11 is 3.65. The fourth-order valence-corrected chi connectivity index (χ4v) is 4.40. The second-order valence-electron chi connectivity index (χ2n) is 5.87. The molecule has 3 rings (SSSR count). The zero-order chi connectivity index (χ0) is 16.9. The van der Waals surface area contributed by atoms with Crippen LogP contribution in [-0.4, -0.2) is 37.3 Å². The summed E-state index contributed by atoms with van der Waals surface area (Å²) in [6.45, 7) is 2.84. The van der Waals surface area contributed by atoms with Crippen molar-refractivity contribution < 1.29 is 0 Å². The molecule has 0 saturated carbocycles. The monoisotopic (exact) mass is 360 g/mol. The summed E-state index contributed by atoms with van der Waals surface area (Å²) in [6, 6.07) is 11.4. The van der Waals surface area contributed by atoms with E-state index in [2.05, 4.69) is 57.2 Å². The number of nitrogens with zero attached hydrogens (tertiary/aromatic N) is 2. The van der Waals surface area contributed by atoms with Crippen LogP contribution in [0.15, 0.2) is 45.6 Å². The standard InChI is InChI=1S/C18H24N4S2/c1-20-18(19)21-11-16(13-3-5-15(23-2)6-4-13)22-9-7-17-14(12-22)8-10-24-17/h3-6,8,10,16H,7,9,11-12H2,1-2H3,(H3,19,20,21). The van der Waals surface area contributed by atoms with Crippen LogP contribution in [0.5, 0.6) is 0 Å². The highest BCUT2D eigenvalue weighted by atomic mass is 32.2. The molecular formula is C18H24N4S2. The third-order valence-electron chi connectivity index (χ3n) is 4.50. The van der Waals surface area contributed by atoms with Gasteiger partial charge in [0.25, 0.3) is 0 Å². The van der Waals surface area contributed by atoms with Crippen LogP contribution in [0.4, 0.5) is 0 Å². The van der Waals surface area contributed by atoms with Gasteiger partial charge in [-0.3, -0.25) is 9.89 Å². The zero-order valence-electron chi connectivity index (χ0n) is 14.2. The number of rotatable bonds is 5. The van der Waals surface area contributed by atoms with E-state index in [0.29, 0.717) is 5.96 Å². The average molecular weight is 361 g/mol. The van der Waals surface area contributed by atoms with Crippen LogP contribution >= 0.6 is 23.1 Å². The second kappa shape index (κ2) is 8.05. The van der Waals surface area contributed by atoms with E-state index >= 15 is 0 Å². The molecule has 1 aliphatic rings. The Morgan fingerprint density at radius 2 is 2.17 bits per heavy atom. The largest absolute Gasteiger partial charge is 0.370 e. The lowest BCUT2D eigenvalue weighted by molar-refractivity contribution is 0.181. The summed E-state index contributed by atoms with van der Waals surface area (Å²) in [5.41, 5.74) is 8.64. The van der Waals surface area contributed by atoms with E-state index in [4.69, 9.17) is 5.73 Å². The van der Waals surface area contributed by atoms with Crippen molar-refractivity contribution in [2.24, 2.45) is 10.7 Å². The molecule has 6 heteroatoms. The predicted octanol–water partition coefficient (Wildman–Crippen LogP) is 3.10. The molecule has 0 spiro atoms. The first-order valence-electron chi connectivity index (χ1n) is 8.10. The number of fused-ring (bicyclic) bond motifs is 1. The molecule has 3 N–H and O–H groups in total. The van der Waals surface area contributed by atoms with Crippen molar-refractivity contribution in [2.45, 2.75) is 23.9 Å². The number of benzene rings is 1. The Kier molecular flexibility index (Phi) is 5.81. The zero-order valence-corrected chi connectivity index (χ0v) is 15.8. The lowest BCUT2D eigenvalue weighted by atomic mass is 10.0. The lowest BCUT2D eigenvalue weighted by Gasteiger charge is -2.35. The highest BCUT2D eigenvalue weighted by Crippen LogP contribution is 2.30. The van der Waals surface area contributed by atoms with Gasteiger partial charge >= 0.3 is 0 Å². The van der Waals surface area contributed by atoms with E-state index in [1.165, 1.54) is 20.9 Å². The number of hydrogen-bond donors (Lipinski definition) is 2. The van der Waals surface area contributed by atoms with Crippen LogP contribution in [0.2, 0.25) is 0 Å². The number of thiophene rings is 1. The Morgan fingerprint density at radius 3 is 2.88 bits per heavy atom. The van der Waals surface area contributed by atoms with Crippen molar-refractivity contribution in [1.82, 2.24) is 10.2 Å². The van der Waals surface area contributed by atoms with E-state index in [1.807, 2.05) is 11.3 Å². The van der Waals surface area contributed by atoms with Gasteiger partial charge in [0.15, 0.2) is 5.96 Å². The molecule has 0 amide bonds. The number of thioether (sulfide) groups is 1. The van der Waals surface area contributed by atoms with E-state index in [0.717, 1.165) is 26.1 Å². The Bertz CT molecular complexity index is 693. The molecule has 0 saturated heterocycles. The fraction of sp³-hybridized carbons (Fsp3) is 0.389. The molecular weight excluding hydrogens is 336 g/mol. The molecule has 4 nitrogen and oxygen atoms in total. The third kappa shape index (κ3) is 3.94. The first-order chi connectivity index (χ1) is 11.7. The summed E-state index contributed by atoms with van der Waals surface area (Å²) in [6.07, 6.45) is 3.24. The minimum atomic E-state index is 0.286. The molecule has 1 aromatic heterocycles. The molecule has 0 radical (unpaired) electrons. The van der Waals surface area contributed by atoms with Crippen molar-refractivity contribution in [3.63, 3.8) is 0 Å². The molecule has 1 aliphatic heterocycles. The summed E-state index contributed by atoms with van der Waals surface area (Å²) in [5, 5.41) is 5.46. The van der Waals surface area contributed by atoms with Crippen LogP contribution < -0.4 is 11.1 Å². The van der Waals surface area contributed by atoms with Gasteiger partial charge in [-0.15, -0.1) is 23.1 Å². The number of aliphatic imine (C=N–C) groups is 1. The second-order valence-corrected chi connectivity index (χ2v) is 7.75. The topological polar surface area (TPSA) is 53.6 Å². The highest BCUT2D eigenvalue weighted by molar-refractivity contribution is 7.98. The normalized spacial score (nSPS) is 16.7. The number of guanidine groups is 1. The first kappa shape index (κ1) is 17.3. The van der Waals surface area contributed by atoms with Gasteiger partial charge in [0, 0.05) is 36.5 Å². The molecule has 1 atom stereocenters. The lowest BCUT2D eigenvalue weighted by Crippen LogP contribution is -2.42. The third-order valence-corrected chi connectivity index (χ3v) is 6.26. The summed E-state index contributed by atoms with van der Waals surface area (Å²) in [7, 11) is 1.71. The van der Waals surface area contributed by atoms with Crippen LogP contribution in [0, 0.1) is 0 Å². The smallest absolute Gasteiger partial charge is 0.188 e. The minimum absolute atomic E-state index is 0.286. The Morgan fingerprint density at radius 1 is 1.38 bits per heavy atom. The van der Waals surface area contributed by atoms with Crippen LogP contribution in [0.25, 0.3) is 0 Å². The molecule has 1 aromatic carbocycles. The average Bonchev–Trinajstić information content (AvgIpc) is 3.10. The number of hydrogen-bond acceptors (Lipinski definition) is 4. The molecule has 2 aromatic rings. The van der Waals surface area contributed by atoms with Gasteiger partial charge in [-0.25, -0.2) is 0 Å². The molecule has 128 valence electrons. The maximum atomic E-state index is 5.85. The van der Waals surface area contributed by atoms with Gasteiger partial charge in [-0.1, -0.05) is 12.1 Å². The van der Waals surface area contributed by atoms with Crippen LogP contribution in [0.3, 0.4) is 0 Å². The molecule has 24 heavy (non-hydrogen) atoms. The Hall–Kier alpha value is -1.50. The minimum Gasteiger partial charge on any atom is -0.370 e. The molecule has 1 unspecified atom stereocenters. The Balaban J connectivity index is 1.81. The SMILES string of the molecule is CN=C(N)NCC(c1ccc(SC)cc1)N1CCc2sccc2C1. The van der Waals surface area contributed by atoms with Crippen molar-refractivity contribution in [1.29, 1.82) is 0 Å². The fourth-order valence-electron chi connectivity index (χ4n) is 3.10. The number of nitrogens with two attached hydrogens (primary N) is 1. The van der Waals surface area contributed by atoms with Gasteiger partial charge in [0.2, 0.25) is 0 Å². The van der Waals surface area contributed by atoms with E-state index in [-0.39, 0.29) is 6.04 Å².